The Morgan fingerprint density at radius 2 is 1.84 bits per heavy atom. The molecule has 2 aromatic carbocycles. The maximum atomic E-state index is 14.1. The Morgan fingerprint density at radius 1 is 1.12 bits per heavy atom. The van der Waals surface area contributed by atoms with Crippen LogP contribution in [0.1, 0.15) is 38.7 Å². The zero-order valence-corrected chi connectivity index (χ0v) is 13.2. The lowest BCUT2D eigenvalue weighted by Crippen LogP contribution is -2.32. The second-order valence-corrected chi connectivity index (χ2v) is 5.97. The van der Waals surface area contributed by atoms with Crippen LogP contribution in [0, 0.1) is 11.6 Å². The van der Waals surface area contributed by atoms with E-state index in [1.54, 1.807) is 0 Å². The van der Waals surface area contributed by atoms with Gasteiger partial charge in [0.15, 0.2) is 0 Å². The molecule has 0 aliphatic carbocycles. The maximum absolute atomic E-state index is 14.1. The fourth-order valence-corrected chi connectivity index (χ4v) is 3.07. The largest absolute Gasteiger partial charge is 0.391 e. The lowest BCUT2D eigenvalue weighted by Gasteiger charge is -2.25. The first kappa shape index (κ1) is 17.0. The Kier molecular flexibility index (Phi) is 4.50. The van der Waals surface area contributed by atoms with Crippen molar-refractivity contribution in [1.29, 1.82) is 0 Å². The summed E-state index contributed by atoms with van der Waals surface area (Å²) in [6.07, 6.45) is -0.752. The van der Waals surface area contributed by atoms with Gasteiger partial charge in [0.1, 0.15) is 11.6 Å². The smallest absolute Gasteiger partial charge is 0.254 e. The van der Waals surface area contributed by atoms with Crippen LogP contribution in [0.4, 0.5) is 8.78 Å². The van der Waals surface area contributed by atoms with Crippen molar-refractivity contribution >= 4 is 11.8 Å². The zero-order chi connectivity index (χ0) is 18.1. The second kappa shape index (κ2) is 6.60. The van der Waals surface area contributed by atoms with E-state index in [0.29, 0.717) is 0 Å². The molecule has 0 aromatic heterocycles. The predicted octanol–water partition coefficient (Wildman–Crippen LogP) is 2.01. The quantitative estimate of drug-likeness (QED) is 0.892. The maximum Gasteiger partial charge on any atom is 0.254 e. The third kappa shape index (κ3) is 3.36. The summed E-state index contributed by atoms with van der Waals surface area (Å²) >= 11 is 0. The van der Waals surface area contributed by atoms with Gasteiger partial charge in [0.05, 0.1) is 12.1 Å². The Balaban J connectivity index is 1.96. The van der Waals surface area contributed by atoms with Gasteiger partial charge in [0.25, 0.3) is 5.91 Å². The number of amides is 2. The molecule has 3 rings (SSSR count). The number of hydrogen-bond donors (Lipinski definition) is 2. The van der Waals surface area contributed by atoms with Crippen LogP contribution in [0.3, 0.4) is 0 Å². The number of β-amino-alcohol motifs (C(OH)–C–C–N with tert-alkyl or cyclic N) is 1. The highest BCUT2D eigenvalue weighted by Gasteiger charge is 2.37. The van der Waals surface area contributed by atoms with Crippen molar-refractivity contribution < 1.29 is 23.5 Å². The molecule has 2 atom stereocenters. The van der Waals surface area contributed by atoms with Gasteiger partial charge < -0.3 is 15.7 Å². The van der Waals surface area contributed by atoms with E-state index in [1.807, 2.05) is 0 Å². The summed E-state index contributed by atoms with van der Waals surface area (Å²) in [5.41, 5.74) is 5.58. The highest BCUT2D eigenvalue weighted by atomic mass is 19.1. The van der Waals surface area contributed by atoms with E-state index in [9.17, 15) is 23.5 Å². The summed E-state index contributed by atoms with van der Waals surface area (Å²) in [7, 11) is 0. The van der Waals surface area contributed by atoms with Gasteiger partial charge in [-0.05, 0) is 42.8 Å². The molecule has 1 saturated heterocycles. The number of benzene rings is 2. The van der Waals surface area contributed by atoms with Gasteiger partial charge in [-0.1, -0.05) is 6.07 Å². The van der Waals surface area contributed by atoms with Crippen molar-refractivity contribution in [3.05, 3.63) is 70.8 Å². The molecule has 2 aromatic rings. The van der Waals surface area contributed by atoms with Crippen LogP contribution < -0.4 is 5.73 Å². The van der Waals surface area contributed by atoms with Crippen LogP contribution in [-0.2, 0) is 0 Å². The van der Waals surface area contributed by atoms with Gasteiger partial charge >= 0.3 is 0 Å². The number of rotatable bonds is 3. The van der Waals surface area contributed by atoms with Crippen LogP contribution >= 0.6 is 0 Å². The molecule has 3 N–H and O–H groups in total. The molecule has 1 aliphatic heterocycles. The molecule has 7 heteroatoms. The number of halogens is 2. The third-order valence-electron chi connectivity index (χ3n) is 4.25. The summed E-state index contributed by atoms with van der Waals surface area (Å²) in [4.78, 5) is 25.4. The minimum atomic E-state index is -0.851. The van der Waals surface area contributed by atoms with Gasteiger partial charge in [0.2, 0.25) is 5.91 Å². The van der Waals surface area contributed by atoms with Crippen LogP contribution in [0.2, 0.25) is 0 Å². The molecular formula is C18H16F2N2O3. The van der Waals surface area contributed by atoms with Gasteiger partial charge in [0, 0.05) is 23.2 Å². The number of primary amides is 1. The number of carbonyl (C=O) groups excluding carboxylic acids is 2. The molecule has 5 nitrogen and oxygen atoms in total. The molecule has 0 bridgehead atoms. The Bertz CT molecular complexity index is 841. The van der Waals surface area contributed by atoms with Crippen molar-refractivity contribution in [3.63, 3.8) is 0 Å². The monoisotopic (exact) mass is 346 g/mol. The molecule has 0 spiro atoms. The van der Waals surface area contributed by atoms with Crippen molar-refractivity contribution in [2.24, 2.45) is 5.73 Å². The minimum Gasteiger partial charge on any atom is -0.391 e. The van der Waals surface area contributed by atoms with Crippen LogP contribution in [0.25, 0.3) is 0 Å². The Hall–Kier alpha value is -2.80. The fraction of sp³-hybridized carbons (Fsp3) is 0.222. The van der Waals surface area contributed by atoms with E-state index in [4.69, 9.17) is 5.73 Å². The van der Waals surface area contributed by atoms with Crippen molar-refractivity contribution in [2.45, 2.75) is 18.6 Å². The van der Waals surface area contributed by atoms with Gasteiger partial charge in [-0.3, -0.25) is 9.59 Å². The average Bonchev–Trinajstić information content (AvgIpc) is 2.98. The number of aliphatic hydroxyl groups is 1. The number of aliphatic hydroxyl groups excluding tert-OH is 1. The number of nitrogens with zero attached hydrogens (tertiary/aromatic N) is 1. The summed E-state index contributed by atoms with van der Waals surface area (Å²) in [5.74, 6) is -2.44. The molecule has 25 heavy (non-hydrogen) atoms. The Labute approximate surface area is 142 Å². The first-order valence-corrected chi connectivity index (χ1v) is 7.70. The first-order valence-electron chi connectivity index (χ1n) is 7.70. The van der Waals surface area contributed by atoms with E-state index in [0.717, 1.165) is 18.2 Å². The second-order valence-electron chi connectivity index (χ2n) is 5.97. The third-order valence-corrected chi connectivity index (χ3v) is 4.25. The van der Waals surface area contributed by atoms with Crippen LogP contribution in [0.15, 0.2) is 42.5 Å². The fourth-order valence-electron chi connectivity index (χ4n) is 3.07. The first-order chi connectivity index (χ1) is 11.9. The molecule has 2 amide bonds. The molecule has 1 heterocycles. The van der Waals surface area contributed by atoms with Gasteiger partial charge in [-0.25, -0.2) is 8.78 Å². The van der Waals surface area contributed by atoms with E-state index in [1.165, 1.54) is 29.2 Å². The van der Waals surface area contributed by atoms with Crippen molar-refractivity contribution in [2.75, 3.05) is 6.54 Å². The Morgan fingerprint density at radius 3 is 2.56 bits per heavy atom. The summed E-state index contributed by atoms with van der Waals surface area (Å²) < 4.78 is 27.6. The normalized spacial score (nSPS) is 19.9. The lowest BCUT2D eigenvalue weighted by atomic mass is 10.0. The molecule has 130 valence electrons. The molecule has 0 unspecified atom stereocenters. The SMILES string of the molecule is NC(=O)c1cccc(C(=O)N2C[C@H](O)C[C@@H]2c2cc(F)ccc2F)c1. The number of likely N-dealkylation sites (tertiary alicyclic amines) is 1. The number of hydrogen-bond acceptors (Lipinski definition) is 3. The van der Waals surface area contributed by atoms with E-state index in [2.05, 4.69) is 0 Å². The number of carbonyl (C=O) groups is 2. The topological polar surface area (TPSA) is 83.6 Å². The van der Waals surface area contributed by atoms with Gasteiger partial charge in [-0.15, -0.1) is 0 Å². The highest BCUT2D eigenvalue weighted by molar-refractivity contribution is 5.99. The molecule has 1 fully saturated rings. The van der Waals surface area contributed by atoms with Crippen molar-refractivity contribution in [1.82, 2.24) is 4.90 Å². The van der Waals surface area contributed by atoms with Gasteiger partial charge in [-0.2, -0.15) is 0 Å². The van der Waals surface area contributed by atoms with Crippen LogP contribution in [-0.4, -0.2) is 34.5 Å². The minimum absolute atomic E-state index is 0.0101. The molecular weight excluding hydrogens is 330 g/mol. The van der Waals surface area contributed by atoms with Crippen molar-refractivity contribution in [3.8, 4) is 0 Å². The average molecular weight is 346 g/mol. The molecule has 0 radical (unpaired) electrons. The van der Waals surface area contributed by atoms with E-state index in [-0.39, 0.29) is 29.7 Å². The zero-order valence-electron chi connectivity index (χ0n) is 13.2. The molecule has 1 aliphatic rings. The summed E-state index contributed by atoms with van der Waals surface area (Å²) in [5, 5.41) is 9.95. The molecule has 0 saturated carbocycles. The van der Waals surface area contributed by atoms with E-state index < -0.39 is 35.6 Å². The highest BCUT2D eigenvalue weighted by Crippen LogP contribution is 2.35. The lowest BCUT2D eigenvalue weighted by molar-refractivity contribution is 0.0713. The summed E-state index contributed by atoms with van der Waals surface area (Å²) in [6.45, 7) is -0.0136. The summed E-state index contributed by atoms with van der Waals surface area (Å²) in [6, 6.07) is 8.04. The van der Waals surface area contributed by atoms with Crippen LogP contribution in [0.5, 0.6) is 0 Å². The standard InChI is InChI=1S/C18H16F2N2O3/c19-12-4-5-15(20)14(7-12)16-8-13(23)9-22(16)18(25)11-3-1-2-10(6-11)17(21)24/h1-7,13,16,23H,8-9H2,(H2,21,24)/t13-,16-/m1/s1. The predicted molar refractivity (Wildman–Crippen MR) is 85.7 cm³/mol. The number of nitrogens with two attached hydrogens (primary N) is 1. The van der Waals surface area contributed by atoms with E-state index >= 15 is 0 Å².